The summed E-state index contributed by atoms with van der Waals surface area (Å²) in [6, 6.07) is 8.93. The maximum atomic E-state index is 15.6. The summed E-state index contributed by atoms with van der Waals surface area (Å²) in [5.74, 6) is -4.35. The molecule has 2 saturated heterocycles. The van der Waals surface area contributed by atoms with Gasteiger partial charge in [-0.1, -0.05) is 0 Å². The Morgan fingerprint density at radius 3 is 2.02 bits per heavy atom. The third kappa shape index (κ3) is 9.14. The minimum Gasteiger partial charge on any atom is -0.463 e. The van der Waals surface area contributed by atoms with E-state index in [1.54, 1.807) is 29.7 Å². The molecular weight excluding hydrogens is 713 g/mol. The summed E-state index contributed by atoms with van der Waals surface area (Å²) >= 11 is 0. The van der Waals surface area contributed by atoms with Crippen LogP contribution in [0, 0.1) is 5.82 Å². The smallest absolute Gasteiger partial charge is 0.343 e. The molecule has 1 aromatic heterocycles. The van der Waals surface area contributed by atoms with Crippen LogP contribution in [0.2, 0.25) is 0 Å². The molecule has 3 aromatic rings. The zero-order valence-electron chi connectivity index (χ0n) is 30.7. The van der Waals surface area contributed by atoms with Gasteiger partial charge in [0.15, 0.2) is 12.2 Å². The molecule has 0 spiro atoms. The lowest BCUT2D eigenvalue weighted by Crippen LogP contribution is -2.63. The first-order valence-electron chi connectivity index (χ1n) is 17.2. The van der Waals surface area contributed by atoms with Gasteiger partial charge in [0.05, 0.1) is 17.8 Å². The number of likely N-dealkylation sites (N-methyl/N-ethyl adjacent to an activating group) is 1. The fourth-order valence-electron chi connectivity index (χ4n) is 6.29. The molecule has 0 bridgehead atoms. The lowest BCUT2D eigenvalue weighted by atomic mass is 9.98. The van der Waals surface area contributed by atoms with Crippen LogP contribution in [0.5, 0.6) is 5.75 Å². The number of carbonyl (C=O) groups is 5. The average molecular weight is 756 g/mol. The highest BCUT2D eigenvalue weighted by Crippen LogP contribution is 2.32. The molecule has 0 unspecified atom stereocenters. The number of piperazine rings is 1. The van der Waals surface area contributed by atoms with E-state index in [2.05, 4.69) is 4.90 Å². The van der Waals surface area contributed by atoms with E-state index in [0.29, 0.717) is 43.1 Å². The van der Waals surface area contributed by atoms with Gasteiger partial charge < -0.3 is 47.5 Å². The third-order valence-electron chi connectivity index (χ3n) is 8.73. The minimum absolute atomic E-state index is 0.0122. The van der Waals surface area contributed by atoms with Crippen LogP contribution < -0.4 is 15.1 Å². The topological polar surface area (TPSA) is 178 Å². The van der Waals surface area contributed by atoms with Crippen molar-refractivity contribution in [1.29, 1.82) is 0 Å². The van der Waals surface area contributed by atoms with Crippen LogP contribution >= 0.6 is 0 Å². The molecular formula is C37H42FN3O13. The van der Waals surface area contributed by atoms with Crippen LogP contribution in [0.25, 0.3) is 16.6 Å². The van der Waals surface area contributed by atoms with E-state index in [1.165, 1.54) is 18.3 Å². The molecule has 16 nitrogen and oxygen atoms in total. The van der Waals surface area contributed by atoms with Gasteiger partial charge in [-0.2, -0.15) is 0 Å². The van der Waals surface area contributed by atoms with E-state index in [1.807, 2.05) is 11.9 Å². The van der Waals surface area contributed by atoms with Crippen LogP contribution in [0.3, 0.4) is 0 Å². The predicted molar refractivity (Wildman–Crippen MR) is 188 cm³/mol. The standard InChI is InChI=1S/C37H42FN3O13/c1-7-48-36(47)27-18-41(29-17-30(28(38)16-26(29)32(27)46)40-14-12-39(6)13-15-40)24-8-10-25(11-9-24)53-37-35(52-23(5)45)34(51-22(4)44)33(50-21(3)43)31(54-37)19-49-20(2)42/h8-11,16-18,31,33-35,37H,7,12-15,19H2,1-6H3/t31-,33-,34+,35-,37-/m1/s1. The van der Waals surface area contributed by atoms with Gasteiger partial charge in [0, 0.05) is 71.1 Å². The molecule has 17 heteroatoms. The number of nitrogens with zero attached hydrogens (tertiary/aromatic N) is 3. The van der Waals surface area contributed by atoms with Crippen molar-refractivity contribution in [3.63, 3.8) is 0 Å². The number of fused-ring (bicyclic) bond motifs is 1. The van der Waals surface area contributed by atoms with Gasteiger partial charge in [0.2, 0.25) is 17.8 Å². The van der Waals surface area contributed by atoms with E-state index >= 15 is 4.39 Å². The lowest BCUT2D eigenvalue weighted by Gasteiger charge is -2.43. The van der Waals surface area contributed by atoms with Crippen LogP contribution in [0.4, 0.5) is 10.1 Å². The number of pyridine rings is 1. The maximum absolute atomic E-state index is 15.6. The number of benzene rings is 2. The summed E-state index contributed by atoms with van der Waals surface area (Å²) < 4.78 is 56.0. The fourth-order valence-corrected chi connectivity index (χ4v) is 6.29. The summed E-state index contributed by atoms with van der Waals surface area (Å²) in [4.78, 5) is 78.6. The zero-order chi connectivity index (χ0) is 39.3. The monoisotopic (exact) mass is 755 g/mol. The van der Waals surface area contributed by atoms with Crippen LogP contribution in [0.15, 0.2) is 47.4 Å². The highest BCUT2D eigenvalue weighted by molar-refractivity contribution is 5.95. The van der Waals surface area contributed by atoms with E-state index in [4.69, 9.17) is 33.2 Å². The first-order valence-corrected chi connectivity index (χ1v) is 17.2. The van der Waals surface area contributed by atoms with Crippen molar-refractivity contribution in [2.75, 3.05) is 51.3 Å². The van der Waals surface area contributed by atoms with Gasteiger partial charge in [-0.3, -0.25) is 24.0 Å². The quantitative estimate of drug-likeness (QED) is 0.206. The average Bonchev–Trinajstić information content (AvgIpc) is 3.10. The summed E-state index contributed by atoms with van der Waals surface area (Å²) in [6.07, 6.45) is -5.61. The van der Waals surface area contributed by atoms with Crippen LogP contribution in [-0.2, 0) is 47.6 Å². The number of hydrogen-bond acceptors (Lipinski definition) is 15. The Hall–Kier alpha value is -5.55. The molecule has 2 aliphatic heterocycles. The van der Waals surface area contributed by atoms with Gasteiger partial charge in [-0.05, 0) is 50.4 Å². The number of carbonyl (C=O) groups excluding carboxylic acids is 5. The number of aromatic nitrogens is 1. The molecule has 0 amide bonds. The molecule has 54 heavy (non-hydrogen) atoms. The largest absolute Gasteiger partial charge is 0.463 e. The number of rotatable bonds is 11. The highest BCUT2D eigenvalue weighted by Gasteiger charge is 2.53. The second-order valence-corrected chi connectivity index (χ2v) is 12.8. The van der Waals surface area contributed by atoms with E-state index in [0.717, 1.165) is 33.8 Å². The number of halogens is 1. The summed E-state index contributed by atoms with van der Waals surface area (Å²) in [6.45, 7) is 8.24. The Kier molecular flexibility index (Phi) is 12.5. The summed E-state index contributed by atoms with van der Waals surface area (Å²) in [5.41, 5.74) is 0.0873. The zero-order valence-corrected chi connectivity index (χ0v) is 30.7. The van der Waals surface area contributed by atoms with Crippen molar-refractivity contribution in [3.8, 4) is 11.4 Å². The van der Waals surface area contributed by atoms with Gasteiger partial charge in [0.25, 0.3) is 0 Å². The van der Waals surface area contributed by atoms with Crippen molar-refractivity contribution in [3.05, 3.63) is 64.2 Å². The molecule has 0 aliphatic carbocycles. The first kappa shape index (κ1) is 39.7. The van der Waals surface area contributed by atoms with E-state index in [9.17, 15) is 28.8 Å². The second-order valence-electron chi connectivity index (χ2n) is 12.8. The number of ether oxygens (including phenoxy) is 7. The number of esters is 5. The van der Waals surface area contributed by atoms with E-state index in [-0.39, 0.29) is 23.3 Å². The Balaban J connectivity index is 1.55. The molecule has 3 heterocycles. The van der Waals surface area contributed by atoms with Gasteiger partial charge in [0.1, 0.15) is 29.8 Å². The normalized spacial score (nSPS) is 21.5. The molecule has 0 N–H and O–H groups in total. The Labute approximate surface area is 309 Å². The van der Waals surface area contributed by atoms with Crippen LogP contribution in [-0.4, -0.2) is 116 Å². The summed E-state index contributed by atoms with van der Waals surface area (Å²) in [5, 5.41) is -0.0336. The third-order valence-corrected chi connectivity index (χ3v) is 8.73. The Morgan fingerprint density at radius 2 is 1.43 bits per heavy atom. The van der Waals surface area contributed by atoms with Gasteiger partial charge in [-0.15, -0.1) is 0 Å². The second kappa shape index (κ2) is 17.1. The maximum Gasteiger partial charge on any atom is 0.343 e. The minimum atomic E-state index is -1.48. The molecule has 2 fully saturated rings. The first-order chi connectivity index (χ1) is 25.7. The fraction of sp³-hybridized carbons (Fsp3) is 0.459. The molecule has 2 aromatic carbocycles. The van der Waals surface area contributed by atoms with Crippen LogP contribution in [0.1, 0.15) is 45.0 Å². The highest BCUT2D eigenvalue weighted by atomic mass is 19.1. The molecule has 0 saturated carbocycles. The number of anilines is 1. The van der Waals surface area contributed by atoms with Crippen molar-refractivity contribution in [1.82, 2.24) is 9.47 Å². The van der Waals surface area contributed by atoms with Gasteiger partial charge in [-0.25, -0.2) is 9.18 Å². The Morgan fingerprint density at radius 1 is 0.815 bits per heavy atom. The predicted octanol–water partition coefficient (Wildman–Crippen LogP) is 2.52. The summed E-state index contributed by atoms with van der Waals surface area (Å²) in [7, 11) is 1.98. The SMILES string of the molecule is CCOC(=O)c1cn(-c2ccc(O[C@@H]3O[C@H](COC(C)=O)[C@@H](OC(C)=O)[C@H](OC(C)=O)[C@H]3OC(C)=O)cc2)c2cc(N3CCN(C)CC3)c(F)cc2c1=O. The lowest BCUT2D eigenvalue weighted by molar-refractivity contribution is -0.288. The van der Waals surface area contributed by atoms with Crippen molar-refractivity contribution in [2.45, 2.75) is 65.3 Å². The van der Waals surface area contributed by atoms with Crippen molar-refractivity contribution >= 4 is 46.4 Å². The van der Waals surface area contributed by atoms with Crippen molar-refractivity contribution < 1.29 is 61.5 Å². The van der Waals surface area contributed by atoms with Gasteiger partial charge >= 0.3 is 29.8 Å². The van der Waals surface area contributed by atoms with Crippen molar-refractivity contribution in [2.24, 2.45) is 0 Å². The molecule has 2 aliphatic rings. The molecule has 5 rings (SSSR count). The molecule has 290 valence electrons. The molecule has 0 radical (unpaired) electrons. The van der Waals surface area contributed by atoms with E-state index < -0.39 is 78.4 Å². The Bertz CT molecular complexity index is 1960. The molecule has 5 atom stereocenters. The number of hydrogen-bond donors (Lipinski definition) is 0.